The molecule has 25 heavy (non-hydrogen) atoms. The van der Waals surface area contributed by atoms with Gasteiger partial charge in [0.2, 0.25) is 17.7 Å². The minimum atomic E-state index is -0.267. The van der Waals surface area contributed by atoms with Gasteiger partial charge in [-0.15, -0.1) is 0 Å². The van der Waals surface area contributed by atoms with Crippen LogP contribution in [0.15, 0.2) is 34.7 Å². The highest BCUT2D eigenvalue weighted by Gasteiger charge is 2.25. The molecule has 2 aromatic rings. The van der Waals surface area contributed by atoms with E-state index in [4.69, 9.17) is 10.2 Å². The Morgan fingerprint density at radius 3 is 2.56 bits per heavy atom. The average molecular weight is 341 g/mol. The molecule has 6 nitrogen and oxygen atoms in total. The molecule has 0 spiro atoms. The first kappa shape index (κ1) is 17.2. The molecule has 2 amide bonds. The van der Waals surface area contributed by atoms with E-state index in [1.54, 1.807) is 0 Å². The van der Waals surface area contributed by atoms with Crippen molar-refractivity contribution in [2.45, 2.75) is 32.6 Å². The maximum Gasteiger partial charge on any atom is 0.228 e. The number of carbonyl (C=O) groups is 2. The second-order valence-electron chi connectivity index (χ2n) is 6.56. The van der Waals surface area contributed by atoms with Gasteiger partial charge < -0.3 is 15.1 Å². The molecule has 0 unspecified atom stereocenters. The topological polar surface area (TPSA) is 89.4 Å². The Labute approximate surface area is 147 Å². The lowest BCUT2D eigenvalue weighted by atomic mass is 9.93. The van der Waals surface area contributed by atoms with E-state index in [1.807, 2.05) is 42.2 Å². The minimum Gasteiger partial charge on any atom is -0.441 e. The molecule has 0 atom stereocenters. The summed E-state index contributed by atoms with van der Waals surface area (Å²) in [7, 11) is 0. The van der Waals surface area contributed by atoms with Gasteiger partial charge in [0.05, 0.1) is 12.1 Å². The number of carbonyl (C=O) groups excluding carboxylic acids is 2. The van der Waals surface area contributed by atoms with Crippen LogP contribution >= 0.6 is 0 Å². The Bertz CT molecular complexity index is 747. The molecule has 0 aliphatic carbocycles. The third-order valence-electron chi connectivity index (χ3n) is 4.69. The van der Waals surface area contributed by atoms with Gasteiger partial charge in [-0.1, -0.05) is 18.2 Å². The van der Waals surface area contributed by atoms with E-state index in [-0.39, 0.29) is 18.2 Å². The van der Waals surface area contributed by atoms with Gasteiger partial charge in [-0.3, -0.25) is 9.59 Å². The van der Waals surface area contributed by atoms with Crippen molar-refractivity contribution in [2.24, 2.45) is 11.7 Å². The number of benzene rings is 1. The highest BCUT2D eigenvalue weighted by atomic mass is 16.4. The van der Waals surface area contributed by atoms with Crippen LogP contribution in [0.4, 0.5) is 0 Å². The molecule has 6 heteroatoms. The van der Waals surface area contributed by atoms with Gasteiger partial charge in [0, 0.05) is 25.1 Å². The Hall–Kier alpha value is -2.63. The molecule has 0 radical (unpaired) electrons. The molecule has 2 heterocycles. The van der Waals surface area contributed by atoms with E-state index in [9.17, 15) is 9.59 Å². The zero-order chi connectivity index (χ0) is 17.8. The molecule has 1 fully saturated rings. The number of primary amides is 1. The monoisotopic (exact) mass is 341 g/mol. The number of hydrogen-bond donors (Lipinski definition) is 1. The molecule has 1 aliphatic heterocycles. The largest absolute Gasteiger partial charge is 0.441 e. The zero-order valence-corrected chi connectivity index (χ0v) is 14.4. The summed E-state index contributed by atoms with van der Waals surface area (Å²) in [5, 5.41) is 0. The summed E-state index contributed by atoms with van der Waals surface area (Å²) < 4.78 is 5.72. The summed E-state index contributed by atoms with van der Waals surface area (Å²) in [4.78, 5) is 29.9. The highest BCUT2D eigenvalue weighted by Crippen LogP contribution is 2.24. The maximum absolute atomic E-state index is 12.5. The van der Waals surface area contributed by atoms with Crippen LogP contribution < -0.4 is 5.73 Å². The fourth-order valence-corrected chi connectivity index (χ4v) is 3.22. The van der Waals surface area contributed by atoms with Crippen LogP contribution in [0.5, 0.6) is 0 Å². The van der Waals surface area contributed by atoms with Gasteiger partial charge in [-0.05, 0) is 37.8 Å². The molecule has 2 N–H and O–H groups in total. The number of aromatic nitrogens is 1. The summed E-state index contributed by atoms with van der Waals surface area (Å²) in [5.41, 5.74) is 6.83. The molecule has 1 aromatic carbocycles. The molecule has 3 rings (SSSR count). The van der Waals surface area contributed by atoms with Crippen LogP contribution in [-0.4, -0.2) is 34.8 Å². The van der Waals surface area contributed by atoms with Crippen molar-refractivity contribution < 1.29 is 14.0 Å². The van der Waals surface area contributed by atoms with Crippen molar-refractivity contribution in [3.05, 3.63) is 41.8 Å². The standard InChI is InChI=1S/C19H23N3O3/c1-13-16(21-19(25-13)15-5-3-2-4-6-15)12-18(24)22-9-7-14(8-10-22)11-17(20)23/h2-6,14H,7-12H2,1H3,(H2,20,23). The fourth-order valence-electron chi connectivity index (χ4n) is 3.22. The first-order valence-electron chi connectivity index (χ1n) is 8.60. The smallest absolute Gasteiger partial charge is 0.228 e. The SMILES string of the molecule is Cc1oc(-c2ccccc2)nc1CC(=O)N1CCC(CC(N)=O)CC1. The van der Waals surface area contributed by atoms with Crippen LogP contribution in [0.25, 0.3) is 11.5 Å². The number of piperidine rings is 1. The lowest BCUT2D eigenvalue weighted by molar-refractivity contribution is -0.132. The van der Waals surface area contributed by atoms with Gasteiger partial charge in [-0.25, -0.2) is 4.98 Å². The van der Waals surface area contributed by atoms with E-state index in [1.165, 1.54) is 0 Å². The van der Waals surface area contributed by atoms with E-state index in [2.05, 4.69) is 4.98 Å². The Kier molecular flexibility index (Phi) is 5.16. The van der Waals surface area contributed by atoms with Crippen LogP contribution in [0, 0.1) is 12.8 Å². The number of oxazole rings is 1. The molecular weight excluding hydrogens is 318 g/mol. The van der Waals surface area contributed by atoms with Gasteiger partial charge in [0.15, 0.2) is 0 Å². The predicted octanol–water partition coefficient (Wildman–Crippen LogP) is 2.31. The summed E-state index contributed by atoms with van der Waals surface area (Å²) >= 11 is 0. The molecule has 1 saturated heterocycles. The summed E-state index contributed by atoms with van der Waals surface area (Å²) in [6, 6.07) is 9.65. The van der Waals surface area contributed by atoms with Crippen LogP contribution in [0.1, 0.15) is 30.7 Å². The average Bonchev–Trinajstić information content (AvgIpc) is 2.96. The molecule has 1 aromatic heterocycles. The summed E-state index contributed by atoms with van der Waals surface area (Å²) in [6.45, 7) is 3.17. The highest BCUT2D eigenvalue weighted by molar-refractivity contribution is 5.79. The first-order valence-corrected chi connectivity index (χ1v) is 8.60. The third kappa shape index (κ3) is 4.26. The Morgan fingerprint density at radius 1 is 1.24 bits per heavy atom. The number of nitrogens with two attached hydrogens (primary N) is 1. The molecule has 1 aliphatic rings. The van der Waals surface area contributed by atoms with Crippen molar-refractivity contribution >= 4 is 11.8 Å². The number of aryl methyl sites for hydroxylation is 1. The normalized spacial score (nSPS) is 15.3. The Morgan fingerprint density at radius 2 is 1.92 bits per heavy atom. The van der Waals surface area contributed by atoms with Gasteiger partial charge in [-0.2, -0.15) is 0 Å². The van der Waals surface area contributed by atoms with Crippen molar-refractivity contribution in [1.82, 2.24) is 9.88 Å². The minimum absolute atomic E-state index is 0.0496. The predicted molar refractivity (Wildman–Crippen MR) is 93.5 cm³/mol. The maximum atomic E-state index is 12.5. The third-order valence-corrected chi connectivity index (χ3v) is 4.69. The van der Waals surface area contributed by atoms with Crippen molar-refractivity contribution in [1.29, 1.82) is 0 Å². The van der Waals surface area contributed by atoms with Crippen molar-refractivity contribution in [2.75, 3.05) is 13.1 Å². The number of amides is 2. The van der Waals surface area contributed by atoms with E-state index in [0.29, 0.717) is 42.8 Å². The van der Waals surface area contributed by atoms with Crippen LogP contribution in [0.3, 0.4) is 0 Å². The van der Waals surface area contributed by atoms with E-state index < -0.39 is 0 Å². The molecular formula is C19H23N3O3. The van der Waals surface area contributed by atoms with Crippen molar-refractivity contribution in [3.8, 4) is 11.5 Å². The second-order valence-corrected chi connectivity index (χ2v) is 6.56. The second kappa shape index (κ2) is 7.51. The van der Waals surface area contributed by atoms with E-state index in [0.717, 1.165) is 18.4 Å². The molecule has 132 valence electrons. The van der Waals surface area contributed by atoms with Crippen LogP contribution in [-0.2, 0) is 16.0 Å². The number of hydrogen-bond acceptors (Lipinski definition) is 4. The summed E-state index contributed by atoms with van der Waals surface area (Å²) in [5.74, 6) is 1.29. The zero-order valence-electron chi connectivity index (χ0n) is 14.4. The van der Waals surface area contributed by atoms with Crippen LogP contribution in [0.2, 0.25) is 0 Å². The van der Waals surface area contributed by atoms with Gasteiger partial charge in [0.25, 0.3) is 0 Å². The molecule has 0 saturated carbocycles. The van der Waals surface area contributed by atoms with E-state index >= 15 is 0 Å². The lowest BCUT2D eigenvalue weighted by Crippen LogP contribution is -2.40. The summed E-state index contributed by atoms with van der Waals surface area (Å²) in [6.07, 6.45) is 2.29. The number of likely N-dealkylation sites (tertiary alicyclic amines) is 1. The fraction of sp³-hybridized carbons (Fsp3) is 0.421. The van der Waals surface area contributed by atoms with Gasteiger partial charge >= 0.3 is 0 Å². The Balaban J connectivity index is 1.60. The lowest BCUT2D eigenvalue weighted by Gasteiger charge is -2.31. The van der Waals surface area contributed by atoms with Crippen molar-refractivity contribution in [3.63, 3.8) is 0 Å². The number of nitrogens with zero attached hydrogens (tertiary/aromatic N) is 2. The quantitative estimate of drug-likeness (QED) is 0.903. The van der Waals surface area contributed by atoms with Gasteiger partial charge in [0.1, 0.15) is 5.76 Å². The first-order chi connectivity index (χ1) is 12.0. The number of rotatable bonds is 5. The molecule has 0 bridgehead atoms.